The molecule has 1 aromatic heterocycles. The predicted octanol–water partition coefficient (Wildman–Crippen LogP) is 7.11. The fourth-order valence-electron chi connectivity index (χ4n) is 4.05. The minimum Gasteiger partial charge on any atom is -0.383 e. The predicted molar refractivity (Wildman–Crippen MR) is 130 cm³/mol. The first-order chi connectivity index (χ1) is 15.1. The first-order valence-electron chi connectivity index (χ1n) is 10.1. The van der Waals surface area contributed by atoms with E-state index in [1.165, 1.54) is 9.80 Å². The van der Waals surface area contributed by atoms with Crippen LogP contribution in [0.4, 0.5) is 10.7 Å². The average Bonchev–Trinajstić information content (AvgIpc) is 3.33. The van der Waals surface area contributed by atoms with E-state index in [4.69, 9.17) is 0 Å². The molecule has 154 valence electrons. The highest BCUT2D eigenvalue weighted by molar-refractivity contribution is 8.03. The summed E-state index contributed by atoms with van der Waals surface area (Å²) in [6.07, 6.45) is 5.15. The molecular formula is C26H21NO2S2. The molecule has 1 aliphatic carbocycles. The van der Waals surface area contributed by atoms with Crippen molar-refractivity contribution in [1.29, 1.82) is 0 Å². The van der Waals surface area contributed by atoms with Crippen LogP contribution in [0.5, 0.6) is 0 Å². The van der Waals surface area contributed by atoms with Crippen molar-refractivity contribution in [3.05, 3.63) is 105 Å². The van der Waals surface area contributed by atoms with Crippen LogP contribution in [0.15, 0.2) is 93.9 Å². The zero-order chi connectivity index (χ0) is 21.5. The Kier molecular flexibility index (Phi) is 5.18. The number of nitrogens with zero attached hydrogens (tertiary/aromatic N) is 1. The van der Waals surface area contributed by atoms with Crippen molar-refractivity contribution < 1.29 is 9.90 Å². The van der Waals surface area contributed by atoms with Crippen LogP contribution in [0.25, 0.3) is 6.08 Å². The average molecular weight is 444 g/mol. The smallest absolute Gasteiger partial charge is 0.192 e. The summed E-state index contributed by atoms with van der Waals surface area (Å²) in [6.45, 7) is 4.17. The number of ketones is 1. The molecule has 0 saturated heterocycles. The van der Waals surface area contributed by atoms with Gasteiger partial charge in [-0.3, -0.25) is 9.69 Å². The van der Waals surface area contributed by atoms with Crippen LogP contribution in [0.1, 0.15) is 40.8 Å². The summed E-state index contributed by atoms with van der Waals surface area (Å²) >= 11 is 3.40. The van der Waals surface area contributed by atoms with Crippen LogP contribution in [-0.4, -0.2) is 10.9 Å². The van der Waals surface area contributed by atoms with Crippen molar-refractivity contribution in [1.82, 2.24) is 0 Å². The van der Waals surface area contributed by atoms with Crippen LogP contribution in [0, 0.1) is 0 Å². The molecule has 0 spiro atoms. The third-order valence-electron chi connectivity index (χ3n) is 5.48. The molecule has 2 aromatic carbocycles. The number of rotatable bonds is 3. The van der Waals surface area contributed by atoms with Crippen molar-refractivity contribution in [3.63, 3.8) is 0 Å². The topological polar surface area (TPSA) is 40.5 Å². The molecule has 0 bridgehead atoms. The van der Waals surface area contributed by atoms with Gasteiger partial charge >= 0.3 is 0 Å². The van der Waals surface area contributed by atoms with Crippen LogP contribution < -0.4 is 4.90 Å². The normalized spacial score (nSPS) is 19.5. The van der Waals surface area contributed by atoms with E-state index in [1.807, 2.05) is 37.3 Å². The summed E-state index contributed by atoms with van der Waals surface area (Å²) in [5, 5.41) is 11.8. The number of allylic oxidation sites excluding steroid dienone is 3. The highest BCUT2D eigenvalue weighted by Gasteiger charge is 2.33. The van der Waals surface area contributed by atoms with Gasteiger partial charge in [0, 0.05) is 25.8 Å². The van der Waals surface area contributed by atoms with Crippen molar-refractivity contribution in [2.24, 2.45) is 0 Å². The number of hydrogen-bond acceptors (Lipinski definition) is 5. The Hall–Kier alpha value is -2.86. The fourth-order valence-corrected chi connectivity index (χ4v) is 6.04. The van der Waals surface area contributed by atoms with E-state index in [0.717, 1.165) is 21.3 Å². The van der Waals surface area contributed by atoms with E-state index in [2.05, 4.69) is 54.3 Å². The molecule has 0 fully saturated rings. The highest BCUT2D eigenvalue weighted by atomic mass is 32.2. The summed E-state index contributed by atoms with van der Waals surface area (Å²) in [5.74, 6) is -0.0943. The number of carbonyl (C=O) groups excluding carboxylic acids is 1. The lowest BCUT2D eigenvalue weighted by Crippen LogP contribution is -2.18. The Bertz CT molecular complexity index is 1280. The van der Waals surface area contributed by atoms with Crippen LogP contribution in [0.3, 0.4) is 0 Å². The zero-order valence-corrected chi connectivity index (χ0v) is 18.8. The molecule has 3 aromatic rings. The van der Waals surface area contributed by atoms with Crippen LogP contribution >= 0.6 is 23.1 Å². The molecule has 1 aliphatic heterocycles. The molecule has 5 rings (SSSR count). The number of hydrogen-bond donors (Lipinski definition) is 1. The minimum atomic E-state index is -0.873. The SMILES string of the molecule is C/C=C\C1=C(C)Sc2ccccc2N1c1ccc(/C=C2/C(=O)c3ccccc3[C@@H]2O)s1. The number of aliphatic hydroxyl groups is 1. The van der Waals surface area contributed by atoms with Gasteiger partial charge in [0.15, 0.2) is 5.78 Å². The molecule has 1 N–H and O–H groups in total. The molecular weight excluding hydrogens is 422 g/mol. The van der Waals surface area contributed by atoms with Crippen molar-refractivity contribution in [2.75, 3.05) is 4.90 Å². The maximum absolute atomic E-state index is 12.8. The largest absolute Gasteiger partial charge is 0.383 e. The van der Waals surface area contributed by atoms with Gasteiger partial charge in [0.2, 0.25) is 0 Å². The van der Waals surface area contributed by atoms with Crippen molar-refractivity contribution in [2.45, 2.75) is 24.8 Å². The molecule has 2 heterocycles. The Labute approximate surface area is 190 Å². The van der Waals surface area contributed by atoms with E-state index < -0.39 is 6.10 Å². The number of thioether (sulfide) groups is 1. The van der Waals surface area contributed by atoms with E-state index in [-0.39, 0.29) is 5.78 Å². The van der Waals surface area contributed by atoms with Gasteiger partial charge in [-0.1, -0.05) is 54.2 Å². The molecule has 2 aliphatic rings. The second kappa shape index (κ2) is 8.00. The van der Waals surface area contributed by atoms with Gasteiger partial charge in [-0.2, -0.15) is 0 Å². The van der Waals surface area contributed by atoms with Gasteiger partial charge in [-0.25, -0.2) is 0 Å². The number of anilines is 2. The zero-order valence-electron chi connectivity index (χ0n) is 17.2. The molecule has 0 saturated carbocycles. The number of benzene rings is 2. The van der Waals surface area contributed by atoms with Crippen molar-refractivity contribution >= 4 is 45.6 Å². The summed E-state index contributed by atoms with van der Waals surface area (Å²) in [5.41, 5.74) is 4.01. The highest BCUT2D eigenvalue weighted by Crippen LogP contribution is 2.48. The number of carbonyl (C=O) groups is 1. The molecule has 3 nitrogen and oxygen atoms in total. The van der Waals surface area contributed by atoms with Gasteiger partial charge in [-0.15, -0.1) is 11.3 Å². The Morgan fingerprint density at radius 2 is 1.81 bits per heavy atom. The molecule has 31 heavy (non-hydrogen) atoms. The fraction of sp³-hybridized carbons (Fsp3) is 0.115. The van der Waals surface area contributed by atoms with Gasteiger partial charge < -0.3 is 5.11 Å². The third kappa shape index (κ3) is 3.39. The van der Waals surface area contributed by atoms with E-state index in [1.54, 1.807) is 29.2 Å². The van der Waals surface area contributed by atoms with Crippen molar-refractivity contribution in [3.8, 4) is 0 Å². The monoisotopic (exact) mass is 443 g/mol. The van der Waals surface area contributed by atoms with E-state index >= 15 is 0 Å². The van der Waals surface area contributed by atoms with Crippen LogP contribution in [0.2, 0.25) is 0 Å². The summed E-state index contributed by atoms with van der Waals surface area (Å²) in [6, 6.07) is 19.8. The summed E-state index contributed by atoms with van der Waals surface area (Å²) < 4.78 is 0. The number of Topliss-reactive ketones (excluding diaryl/α,β-unsaturated/α-hetero) is 1. The number of para-hydroxylation sites is 1. The lowest BCUT2D eigenvalue weighted by molar-refractivity contribution is 0.102. The molecule has 5 heteroatoms. The second-order valence-electron chi connectivity index (χ2n) is 7.44. The maximum Gasteiger partial charge on any atom is 0.192 e. The molecule has 0 amide bonds. The second-order valence-corrected chi connectivity index (χ2v) is 9.79. The minimum absolute atomic E-state index is 0.0943. The first-order valence-corrected chi connectivity index (χ1v) is 11.8. The molecule has 1 atom stereocenters. The Morgan fingerprint density at radius 1 is 1.03 bits per heavy atom. The first kappa shape index (κ1) is 20.1. The number of thiophene rings is 1. The Balaban J connectivity index is 1.55. The van der Waals surface area contributed by atoms with Gasteiger partial charge in [-0.05, 0) is 55.8 Å². The number of aliphatic hydroxyl groups excluding tert-OH is 1. The van der Waals surface area contributed by atoms with Gasteiger partial charge in [0.25, 0.3) is 0 Å². The standard InChI is InChI=1S/C26H21NO2S2/c1-3-8-21-16(2)30-23-12-7-6-11-22(23)27(21)24-14-13-17(31-24)15-20-25(28)18-9-4-5-10-19(18)26(20)29/h3-15,25,28H,1-2H3/b8-3-,20-15+/t25-/m0/s1. The van der Waals surface area contributed by atoms with Gasteiger partial charge in [0.1, 0.15) is 11.1 Å². The summed E-state index contributed by atoms with van der Waals surface area (Å²) in [7, 11) is 0. The van der Waals surface area contributed by atoms with E-state index in [0.29, 0.717) is 16.7 Å². The maximum atomic E-state index is 12.8. The van der Waals surface area contributed by atoms with E-state index in [9.17, 15) is 9.90 Å². The quantitative estimate of drug-likeness (QED) is 0.438. The van der Waals surface area contributed by atoms with Crippen LogP contribution in [-0.2, 0) is 0 Å². The van der Waals surface area contributed by atoms with Gasteiger partial charge in [0.05, 0.1) is 11.4 Å². The lowest BCUT2D eigenvalue weighted by Gasteiger charge is -2.32. The summed E-state index contributed by atoms with van der Waals surface area (Å²) in [4.78, 5) is 18.5. The molecule has 0 radical (unpaired) electrons. The third-order valence-corrected chi connectivity index (χ3v) is 7.58. The lowest BCUT2D eigenvalue weighted by atomic mass is 10.1. The molecule has 0 unspecified atom stereocenters. The Morgan fingerprint density at radius 3 is 2.61 bits per heavy atom. The number of fused-ring (bicyclic) bond motifs is 2.